The average Bonchev–Trinajstić information content (AvgIpc) is 3.25. The van der Waals surface area contributed by atoms with Gasteiger partial charge in [0, 0.05) is 42.3 Å². The zero-order valence-electron chi connectivity index (χ0n) is 14.6. The number of hydrogen-bond donors (Lipinski definition) is 1. The summed E-state index contributed by atoms with van der Waals surface area (Å²) in [5.41, 5.74) is 1.41. The highest BCUT2D eigenvalue weighted by Crippen LogP contribution is 2.49. The van der Waals surface area contributed by atoms with E-state index in [1.165, 1.54) is 25.7 Å². The van der Waals surface area contributed by atoms with E-state index in [0.29, 0.717) is 17.9 Å². The number of thioether (sulfide) groups is 1. The number of nitrogens with zero attached hydrogens (tertiary/aromatic N) is 1. The zero-order chi connectivity index (χ0) is 17.2. The fraction of sp³-hybridized carbons (Fsp3) is 0.600. The van der Waals surface area contributed by atoms with Crippen molar-refractivity contribution >= 4 is 29.3 Å². The van der Waals surface area contributed by atoms with Gasteiger partial charge in [0.1, 0.15) is 0 Å². The Bertz CT molecular complexity index is 657. The molecule has 1 saturated heterocycles. The monoisotopic (exact) mass is 358 g/mol. The molecule has 5 heteroatoms. The van der Waals surface area contributed by atoms with Gasteiger partial charge in [0.25, 0.3) is 5.91 Å². The second kappa shape index (κ2) is 7.40. The molecule has 0 unspecified atom stereocenters. The van der Waals surface area contributed by atoms with E-state index in [4.69, 9.17) is 0 Å². The standard InChI is InChI=1S/C20H26N2O2S/c23-19(13-17-11-14-4-5-15(17)10-14)21-18-3-1-2-16(12-18)20(24)22-6-8-25-9-7-22/h1-3,12,14-15,17H,4-11,13H2,(H,21,23)/t14-,15-,17-/m0/s1. The Kier molecular flexibility index (Phi) is 5.02. The van der Waals surface area contributed by atoms with Crippen LogP contribution in [0.25, 0.3) is 0 Å². The van der Waals surface area contributed by atoms with Crippen LogP contribution in [0.4, 0.5) is 5.69 Å². The highest BCUT2D eigenvalue weighted by atomic mass is 32.2. The van der Waals surface area contributed by atoms with Crippen LogP contribution < -0.4 is 5.32 Å². The first-order chi connectivity index (χ1) is 12.2. The fourth-order valence-electron chi connectivity index (χ4n) is 4.76. The van der Waals surface area contributed by atoms with Crippen molar-refractivity contribution in [2.75, 3.05) is 29.9 Å². The Morgan fingerprint density at radius 1 is 1.16 bits per heavy atom. The van der Waals surface area contributed by atoms with Crippen molar-refractivity contribution in [3.63, 3.8) is 0 Å². The van der Waals surface area contributed by atoms with Gasteiger partial charge in [0.2, 0.25) is 5.91 Å². The minimum absolute atomic E-state index is 0.0736. The molecule has 4 rings (SSSR count). The second-order valence-electron chi connectivity index (χ2n) is 7.67. The minimum atomic E-state index is 0.0736. The average molecular weight is 359 g/mol. The number of hydrogen-bond acceptors (Lipinski definition) is 3. The largest absolute Gasteiger partial charge is 0.337 e. The van der Waals surface area contributed by atoms with Crippen LogP contribution in [0.1, 0.15) is 42.5 Å². The number of anilines is 1. The maximum absolute atomic E-state index is 12.6. The van der Waals surface area contributed by atoms with Gasteiger partial charge in [-0.05, 0) is 55.2 Å². The van der Waals surface area contributed by atoms with Crippen LogP contribution in [-0.4, -0.2) is 41.3 Å². The third-order valence-electron chi connectivity index (χ3n) is 6.02. The van der Waals surface area contributed by atoms with Crippen LogP contribution in [0.15, 0.2) is 24.3 Å². The van der Waals surface area contributed by atoms with Gasteiger partial charge in [-0.15, -0.1) is 0 Å². The molecule has 1 aromatic carbocycles. The molecule has 2 aliphatic carbocycles. The number of carbonyl (C=O) groups excluding carboxylic acids is 2. The van der Waals surface area contributed by atoms with Gasteiger partial charge in [-0.25, -0.2) is 0 Å². The van der Waals surface area contributed by atoms with E-state index in [2.05, 4.69) is 5.32 Å². The van der Waals surface area contributed by atoms with Gasteiger partial charge >= 0.3 is 0 Å². The molecule has 2 amide bonds. The summed E-state index contributed by atoms with van der Waals surface area (Å²) >= 11 is 1.89. The Balaban J connectivity index is 1.36. The van der Waals surface area contributed by atoms with E-state index in [9.17, 15) is 9.59 Å². The second-order valence-corrected chi connectivity index (χ2v) is 8.90. The van der Waals surface area contributed by atoms with Crippen LogP contribution >= 0.6 is 11.8 Å². The molecule has 3 fully saturated rings. The molecule has 1 N–H and O–H groups in total. The van der Waals surface area contributed by atoms with E-state index in [0.717, 1.165) is 42.1 Å². The van der Waals surface area contributed by atoms with Crippen LogP contribution in [0, 0.1) is 17.8 Å². The van der Waals surface area contributed by atoms with Crippen molar-refractivity contribution < 1.29 is 9.59 Å². The predicted molar refractivity (Wildman–Crippen MR) is 102 cm³/mol. The fourth-order valence-corrected chi connectivity index (χ4v) is 5.66. The molecule has 2 bridgehead atoms. The molecule has 0 aromatic heterocycles. The molecule has 1 aromatic rings. The van der Waals surface area contributed by atoms with E-state index < -0.39 is 0 Å². The van der Waals surface area contributed by atoms with Gasteiger partial charge in [0.05, 0.1) is 0 Å². The number of amides is 2. The first-order valence-corrected chi connectivity index (χ1v) is 10.6. The Hall–Kier alpha value is -1.49. The predicted octanol–water partition coefficient (Wildman–Crippen LogP) is 3.64. The highest BCUT2D eigenvalue weighted by Gasteiger charge is 2.40. The Morgan fingerprint density at radius 2 is 2.00 bits per heavy atom. The van der Waals surface area contributed by atoms with Gasteiger partial charge in [-0.2, -0.15) is 11.8 Å². The third-order valence-corrected chi connectivity index (χ3v) is 6.97. The number of benzene rings is 1. The molecule has 2 saturated carbocycles. The molecule has 4 nitrogen and oxygen atoms in total. The number of carbonyl (C=O) groups is 2. The molecule has 3 atom stereocenters. The van der Waals surface area contributed by atoms with Crippen molar-refractivity contribution in [3.8, 4) is 0 Å². The van der Waals surface area contributed by atoms with Gasteiger partial charge < -0.3 is 10.2 Å². The van der Waals surface area contributed by atoms with Gasteiger partial charge in [-0.3, -0.25) is 9.59 Å². The lowest BCUT2D eigenvalue weighted by Crippen LogP contribution is -2.37. The normalized spacial score (nSPS) is 28.2. The van der Waals surface area contributed by atoms with Crippen LogP contribution in [0.3, 0.4) is 0 Å². The SMILES string of the molecule is O=C(C[C@@H]1C[C@H]2CC[C@H]1C2)Nc1cccc(C(=O)N2CCSCC2)c1. The third kappa shape index (κ3) is 3.86. The van der Waals surface area contributed by atoms with E-state index in [1.807, 2.05) is 40.9 Å². The first-order valence-electron chi connectivity index (χ1n) is 9.46. The molecule has 3 aliphatic rings. The number of rotatable bonds is 4. The van der Waals surface area contributed by atoms with Crippen molar-refractivity contribution in [1.82, 2.24) is 4.90 Å². The molecular weight excluding hydrogens is 332 g/mol. The maximum atomic E-state index is 12.6. The summed E-state index contributed by atoms with van der Waals surface area (Å²) in [5, 5.41) is 3.01. The molecule has 0 radical (unpaired) electrons. The minimum Gasteiger partial charge on any atom is -0.337 e. The summed E-state index contributed by atoms with van der Waals surface area (Å²) in [6, 6.07) is 7.40. The van der Waals surface area contributed by atoms with Crippen LogP contribution in [0.5, 0.6) is 0 Å². The quantitative estimate of drug-likeness (QED) is 0.894. The summed E-state index contributed by atoms with van der Waals surface area (Å²) in [5.74, 6) is 4.37. The summed E-state index contributed by atoms with van der Waals surface area (Å²) < 4.78 is 0. The smallest absolute Gasteiger partial charge is 0.253 e. The molecule has 1 aliphatic heterocycles. The number of nitrogens with one attached hydrogen (secondary N) is 1. The Morgan fingerprint density at radius 3 is 2.72 bits per heavy atom. The van der Waals surface area contributed by atoms with Crippen molar-refractivity contribution in [1.29, 1.82) is 0 Å². The summed E-state index contributed by atoms with van der Waals surface area (Å²) in [4.78, 5) is 26.9. The highest BCUT2D eigenvalue weighted by molar-refractivity contribution is 7.99. The molecule has 25 heavy (non-hydrogen) atoms. The van der Waals surface area contributed by atoms with Gasteiger partial charge in [0.15, 0.2) is 0 Å². The maximum Gasteiger partial charge on any atom is 0.253 e. The van der Waals surface area contributed by atoms with Crippen molar-refractivity contribution in [3.05, 3.63) is 29.8 Å². The lowest BCUT2D eigenvalue weighted by molar-refractivity contribution is -0.117. The number of fused-ring (bicyclic) bond motifs is 2. The van der Waals surface area contributed by atoms with Crippen molar-refractivity contribution in [2.24, 2.45) is 17.8 Å². The van der Waals surface area contributed by atoms with Crippen LogP contribution in [0.2, 0.25) is 0 Å². The summed E-state index contributed by atoms with van der Waals surface area (Å²) in [7, 11) is 0. The summed E-state index contributed by atoms with van der Waals surface area (Å²) in [6.07, 6.45) is 5.85. The lowest BCUT2D eigenvalue weighted by Gasteiger charge is -2.26. The van der Waals surface area contributed by atoms with Crippen molar-refractivity contribution in [2.45, 2.75) is 32.1 Å². The molecular formula is C20H26N2O2S. The molecule has 134 valence electrons. The van der Waals surface area contributed by atoms with E-state index in [-0.39, 0.29) is 11.8 Å². The van der Waals surface area contributed by atoms with Gasteiger partial charge in [-0.1, -0.05) is 12.5 Å². The van der Waals surface area contributed by atoms with E-state index >= 15 is 0 Å². The zero-order valence-corrected chi connectivity index (χ0v) is 15.4. The van der Waals surface area contributed by atoms with Crippen LogP contribution in [-0.2, 0) is 4.79 Å². The lowest BCUT2D eigenvalue weighted by atomic mass is 9.86. The summed E-state index contributed by atoms with van der Waals surface area (Å²) in [6.45, 7) is 1.62. The topological polar surface area (TPSA) is 49.4 Å². The Labute approximate surface area is 153 Å². The molecule has 0 spiro atoms. The molecule has 1 heterocycles. The van der Waals surface area contributed by atoms with E-state index in [1.54, 1.807) is 0 Å². The first kappa shape index (κ1) is 17.0.